The van der Waals surface area contributed by atoms with Crippen molar-refractivity contribution >= 4 is 0 Å². The van der Waals surface area contributed by atoms with Gasteiger partial charge in [0.05, 0.1) is 6.61 Å². The van der Waals surface area contributed by atoms with Gasteiger partial charge in [-0.05, 0) is 23.3 Å². The lowest BCUT2D eigenvalue weighted by molar-refractivity contribution is 0.264. The maximum Gasteiger partial charge on any atom is 0.125 e. The lowest BCUT2D eigenvalue weighted by atomic mass is 10.1. The Hall–Kier alpha value is -1.62. The van der Waals surface area contributed by atoms with Crippen LogP contribution in [-0.2, 0) is 17.8 Å². The number of ether oxygens (including phenoxy) is 2. The van der Waals surface area contributed by atoms with Crippen LogP contribution >= 0.6 is 0 Å². The largest absolute Gasteiger partial charge is 0.493 e. The fourth-order valence-electron chi connectivity index (χ4n) is 1.52. The first-order valence-electron chi connectivity index (χ1n) is 4.68. The van der Waals surface area contributed by atoms with Gasteiger partial charge in [0.2, 0.25) is 0 Å². The predicted molar refractivity (Wildman–Crippen MR) is 53.9 cm³/mol. The quantitative estimate of drug-likeness (QED) is 0.662. The molecule has 0 saturated carbocycles. The lowest BCUT2D eigenvalue weighted by Crippen LogP contribution is -1.88. The van der Waals surface area contributed by atoms with Gasteiger partial charge in [-0.3, -0.25) is 0 Å². The van der Waals surface area contributed by atoms with Gasteiger partial charge in [-0.2, -0.15) is 0 Å². The van der Waals surface area contributed by atoms with Gasteiger partial charge in [-0.25, -0.2) is 0 Å². The second kappa shape index (κ2) is 4.06. The van der Waals surface area contributed by atoms with E-state index in [4.69, 9.17) is 9.47 Å². The van der Waals surface area contributed by atoms with E-state index in [1.165, 1.54) is 5.56 Å². The summed E-state index contributed by atoms with van der Waals surface area (Å²) in [5.74, 6) is 3.70. The van der Waals surface area contributed by atoms with E-state index in [-0.39, 0.29) is 0 Å². The number of fused-ring (bicyclic) bond motifs is 1. The molecule has 0 radical (unpaired) electrons. The third kappa shape index (κ3) is 1.82. The van der Waals surface area contributed by atoms with E-state index in [1.807, 2.05) is 12.1 Å². The molecule has 2 nitrogen and oxygen atoms in total. The highest BCUT2D eigenvalue weighted by Crippen LogP contribution is 2.25. The summed E-state index contributed by atoms with van der Waals surface area (Å²) in [4.78, 5) is 0. The van der Waals surface area contributed by atoms with Crippen molar-refractivity contribution in [2.24, 2.45) is 0 Å². The molecule has 0 N–H and O–H groups in total. The molecule has 0 atom stereocenters. The zero-order valence-corrected chi connectivity index (χ0v) is 8.17. The van der Waals surface area contributed by atoms with Gasteiger partial charge in [0.25, 0.3) is 0 Å². The van der Waals surface area contributed by atoms with Crippen molar-refractivity contribution in [3.05, 3.63) is 29.3 Å². The normalized spacial score (nSPS) is 12.4. The first kappa shape index (κ1) is 8.96. The Balaban J connectivity index is 2.07. The summed E-state index contributed by atoms with van der Waals surface area (Å²) in [7, 11) is 0. The van der Waals surface area contributed by atoms with Crippen LogP contribution in [0.4, 0.5) is 0 Å². The van der Waals surface area contributed by atoms with Crippen molar-refractivity contribution in [1.29, 1.82) is 0 Å². The van der Waals surface area contributed by atoms with Crippen LogP contribution in [0.15, 0.2) is 18.2 Å². The molecule has 0 aliphatic carbocycles. The number of benzene rings is 1. The van der Waals surface area contributed by atoms with Crippen LogP contribution in [0.25, 0.3) is 0 Å². The lowest BCUT2D eigenvalue weighted by Gasteiger charge is -2.02. The molecule has 0 spiro atoms. The van der Waals surface area contributed by atoms with Gasteiger partial charge in [0.15, 0.2) is 0 Å². The van der Waals surface area contributed by atoms with Crippen molar-refractivity contribution in [2.75, 3.05) is 6.61 Å². The Morgan fingerprint density at radius 2 is 2.43 bits per heavy atom. The SMILES string of the molecule is CC#COCc1ccc2c(c1)CCO2. The minimum atomic E-state index is 0.550. The molecule has 1 aliphatic rings. The van der Waals surface area contributed by atoms with E-state index in [9.17, 15) is 0 Å². The number of rotatable bonds is 2. The standard InChI is InChI=1S/C12H12O2/c1-2-6-13-9-10-3-4-12-11(8-10)5-7-14-12/h3-4,8H,5,7,9H2,1H3. The van der Waals surface area contributed by atoms with Gasteiger partial charge in [0.1, 0.15) is 18.5 Å². The monoisotopic (exact) mass is 188 g/mol. The average molecular weight is 188 g/mol. The highest BCUT2D eigenvalue weighted by Gasteiger charge is 2.11. The van der Waals surface area contributed by atoms with Crippen molar-refractivity contribution in [3.63, 3.8) is 0 Å². The van der Waals surface area contributed by atoms with Crippen molar-refractivity contribution in [3.8, 4) is 17.8 Å². The molecule has 1 heterocycles. The second-order valence-electron chi connectivity index (χ2n) is 3.18. The molecule has 2 rings (SSSR count). The van der Waals surface area contributed by atoms with Crippen molar-refractivity contribution in [1.82, 2.24) is 0 Å². The molecule has 0 unspecified atom stereocenters. The van der Waals surface area contributed by atoms with Crippen LogP contribution in [0.1, 0.15) is 18.1 Å². The van der Waals surface area contributed by atoms with Crippen LogP contribution < -0.4 is 4.74 Å². The number of hydrogen-bond donors (Lipinski definition) is 0. The first-order valence-corrected chi connectivity index (χ1v) is 4.68. The van der Waals surface area contributed by atoms with Crippen LogP contribution in [0.5, 0.6) is 5.75 Å². The Bertz CT molecular complexity index is 385. The highest BCUT2D eigenvalue weighted by molar-refractivity contribution is 5.39. The summed E-state index contributed by atoms with van der Waals surface area (Å²) in [6.45, 7) is 3.11. The molecular formula is C12H12O2. The van der Waals surface area contributed by atoms with E-state index < -0.39 is 0 Å². The molecule has 0 amide bonds. The van der Waals surface area contributed by atoms with Crippen molar-refractivity contribution in [2.45, 2.75) is 20.0 Å². The third-order valence-corrected chi connectivity index (χ3v) is 2.17. The maximum atomic E-state index is 5.41. The topological polar surface area (TPSA) is 18.5 Å². The molecule has 0 bridgehead atoms. The minimum Gasteiger partial charge on any atom is -0.493 e. The summed E-state index contributed by atoms with van der Waals surface area (Å²) in [6, 6.07) is 6.14. The van der Waals surface area contributed by atoms with E-state index in [0.717, 1.165) is 24.3 Å². The first-order chi connectivity index (χ1) is 6.90. The van der Waals surface area contributed by atoms with Crippen LogP contribution in [-0.4, -0.2) is 6.61 Å². The van der Waals surface area contributed by atoms with E-state index >= 15 is 0 Å². The number of hydrogen-bond acceptors (Lipinski definition) is 2. The second-order valence-corrected chi connectivity index (χ2v) is 3.18. The zero-order chi connectivity index (χ0) is 9.80. The Morgan fingerprint density at radius 1 is 1.50 bits per heavy atom. The molecule has 14 heavy (non-hydrogen) atoms. The molecular weight excluding hydrogens is 176 g/mol. The smallest absolute Gasteiger partial charge is 0.125 e. The van der Waals surface area contributed by atoms with Gasteiger partial charge in [-0.1, -0.05) is 12.0 Å². The molecule has 1 aromatic rings. The Morgan fingerprint density at radius 3 is 3.29 bits per heavy atom. The molecule has 72 valence electrons. The maximum absolute atomic E-state index is 5.41. The van der Waals surface area contributed by atoms with E-state index in [1.54, 1.807) is 6.92 Å². The molecule has 1 aliphatic heterocycles. The molecule has 0 fully saturated rings. The fourth-order valence-corrected chi connectivity index (χ4v) is 1.52. The Kier molecular flexibility index (Phi) is 2.60. The van der Waals surface area contributed by atoms with Crippen LogP contribution in [0.2, 0.25) is 0 Å². The zero-order valence-electron chi connectivity index (χ0n) is 8.17. The predicted octanol–water partition coefficient (Wildman–Crippen LogP) is 2.12. The average Bonchev–Trinajstić information content (AvgIpc) is 2.65. The van der Waals surface area contributed by atoms with Gasteiger partial charge >= 0.3 is 0 Å². The molecule has 2 heteroatoms. The van der Waals surface area contributed by atoms with E-state index in [2.05, 4.69) is 18.1 Å². The molecule has 0 aromatic heterocycles. The summed E-state index contributed by atoms with van der Waals surface area (Å²) in [6.07, 6.45) is 3.59. The minimum absolute atomic E-state index is 0.550. The molecule has 1 aromatic carbocycles. The summed E-state index contributed by atoms with van der Waals surface area (Å²) >= 11 is 0. The fraction of sp³-hybridized carbons (Fsp3) is 0.333. The van der Waals surface area contributed by atoms with Crippen LogP contribution in [0, 0.1) is 12.0 Å². The van der Waals surface area contributed by atoms with E-state index in [0.29, 0.717) is 6.61 Å². The summed E-state index contributed by atoms with van der Waals surface area (Å²) in [5.41, 5.74) is 2.42. The summed E-state index contributed by atoms with van der Waals surface area (Å²) < 4.78 is 10.5. The van der Waals surface area contributed by atoms with Crippen molar-refractivity contribution < 1.29 is 9.47 Å². The van der Waals surface area contributed by atoms with Gasteiger partial charge in [0, 0.05) is 13.3 Å². The highest BCUT2D eigenvalue weighted by atomic mass is 16.5. The Labute approximate surface area is 83.8 Å². The third-order valence-electron chi connectivity index (χ3n) is 2.17. The summed E-state index contributed by atoms with van der Waals surface area (Å²) in [5, 5.41) is 0. The molecule has 0 saturated heterocycles. The van der Waals surface area contributed by atoms with Crippen LogP contribution in [0.3, 0.4) is 0 Å². The van der Waals surface area contributed by atoms with Gasteiger partial charge < -0.3 is 9.47 Å². The van der Waals surface area contributed by atoms with Gasteiger partial charge in [-0.15, -0.1) is 0 Å².